The maximum atomic E-state index is 10.7. The van der Waals surface area contributed by atoms with Gasteiger partial charge in [0, 0.05) is 0 Å². The Hall–Kier alpha value is -0.770. The largest absolute Gasteiger partial charge is 4.00 e. The second-order valence-electron chi connectivity index (χ2n) is 5.59. The first-order chi connectivity index (χ1) is 13.1. The Kier molecular flexibility index (Phi) is 15.4. The van der Waals surface area contributed by atoms with Crippen molar-refractivity contribution in [2.45, 2.75) is 51.6 Å². The van der Waals surface area contributed by atoms with Crippen LogP contribution in [0.5, 0.6) is 0 Å². The van der Waals surface area contributed by atoms with E-state index in [1.165, 1.54) is 22.3 Å². The molecule has 0 saturated heterocycles. The van der Waals surface area contributed by atoms with E-state index in [9.17, 15) is 26.3 Å². The first-order valence-electron chi connectivity index (χ1n) is 7.64. The molecular weight excluding hydrogens is 645 g/mol. The molecule has 15 heteroatoms. The van der Waals surface area contributed by atoms with Crippen LogP contribution in [0.2, 0.25) is 0 Å². The second kappa shape index (κ2) is 13.7. The fourth-order valence-electron chi connectivity index (χ4n) is 1.30. The van der Waals surface area contributed by atoms with Gasteiger partial charge in [0.05, 0.1) is 0 Å². The molecule has 0 fully saturated rings. The van der Waals surface area contributed by atoms with Crippen LogP contribution in [0, 0.1) is 12.2 Å². The molecule has 6 nitrogen and oxygen atoms in total. The molecule has 0 aromatic carbocycles. The molecule has 0 atom stereocenters. The summed E-state index contributed by atoms with van der Waals surface area (Å²) in [6, 6.07) is 0. The van der Waals surface area contributed by atoms with Crippen molar-refractivity contribution in [2.75, 3.05) is 0 Å². The third kappa shape index (κ3) is 15.6. The normalized spacial score (nSPS) is 15.9. The molecule has 2 rings (SSSR count). The summed E-state index contributed by atoms with van der Waals surface area (Å²) in [5, 5.41) is 0. The predicted molar refractivity (Wildman–Crippen MR) is 93.1 cm³/mol. The van der Waals surface area contributed by atoms with Crippen molar-refractivity contribution < 1.29 is 78.1 Å². The van der Waals surface area contributed by atoms with E-state index in [1.54, 1.807) is 0 Å². The number of hydrogen-bond donors (Lipinski definition) is 0. The summed E-state index contributed by atoms with van der Waals surface area (Å²) in [6.07, 6.45) is 12.8. The quantitative estimate of drug-likeness (QED) is 0.126. The maximum Gasteiger partial charge on any atom is 4.00 e. The zero-order valence-corrected chi connectivity index (χ0v) is 21.8. The smallest absolute Gasteiger partial charge is 0.741 e. The number of rotatable bonds is 0. The van der Waals surface area contributed by atoms with Gasteiger partial charge in [0.25, 0.3) is 0 Å². The van der Waals surface area contributed by atoms with Crippen molar-refractivity contribution in [1.29, 1.82) is 0 Å². The van der Waals surface area contributed by atoms with Crippen LogP contribution in [0.25, 0.3) is 0 Å². The van der Waals surface area contributed by atoms with Crippen LogP contribution in [0.3, 0.4) is 0 Å². The van der Waals surface area contributed by atoms with Gasteiger partial charge in [0.2, 0.25) is 0 Å². The van der Waals surface area contributed by atoms with E-state index >= 15 is 0 Å². The van der Waals surface area contributed by atoms with Gasteiger partial charge in [0.15, 0.2) is 20.2 Å². The molecule has 0 spiro atoms. The van der Waals surface area contributed by atoms with Gasteiger partial charge in [-0.15, -0.1) is 26.7 Å². The van der Waals surface area contributed by atoms with Crippen LogP contribution >= 0.6 is 0 Å². The minimum absolute atomic E-state index is 0. The SMILES string of the molecule is CC1=[C-]CC=C1C.CC1=[C-]CC=C1C.O=S(=O)([O-])C(F)(F)F.O=S(=O)([O-])C(F)(F)F.[Hf+4]. The predicted octanol–water partition coefficient (Wildman–Crippen LogP) is 4.27. The minimum Gasteiger partial charge on any atom is -0.741 e. The molecule has 0 saturated carbocycles. The minimum atomic E-state index is -6.09. The van der Waals surface area contributed by atoms with E-state index in [4.69, 9.17) is 25.9 Å². The van der Waals surface area contributed by atoms with Gasteiger partial charge >= 0.3 is 36.9 Å². The Balaban J connectivity index is -0.000000334. The molecule has 0 aromatic rings. The summed E-state index contributed by atoms with van der Waals surface area (Å²) in [4.78, 5) is 0. The van der Waals surface area contributed by atoms with Crippen molar-refractivity contribution in [1.82, 2.24) is 0 Å². The van der Waals surface area contributed by atoms with Crippen molar-refractivity contribution in [2.24, 2.45) is 0 Å². The number of alkyl halides is 6. The zero-order valence-electron chi connectivity index (χ0n) is 16.6. The summed E-state index contributed by atoms with van der Waals surface area (Å²) in [6.45, 7) is 8.43. The van der Waals surface area contributed by atoms with E-state index in [1.807, 2.05) is 0 Å². The van der Waals surface area contributed by atoms with E-state index in [-0.39, 0.29) is 25.8 Å². The van der Waals surface area contributed by atoms with E-state index in [0.29, 0.717) is 0 Å². The third-order valence-corrected chi connectivity index (χ3v) is 4.43. The van der Waals surface area contributed by atoms with E-state index in [2.05, 4.69) is 52.0 Å². The number of halogens is 6. The van der Waals surface area contributed by atoms with E-state index < -0.39 is 31.3 Å². The maximum absolute atomic E-state index is 10.7. The average Bonchev–Trinajstić information content (AvgIpc) is 3.06. The van der Waals surface area contributed by atoms with Crippen molar-refractivity contribution in [3.05, 3.63) is 46.6 Å². The molecule has 0 aliphatic heterocycles. The molecule has 2 aliphatic carbocycles. The molecular formula is C16H18F6HfO6S2. The summed E-state index contributed by atoms with van der Waals surface area (Å²) in [7, 11) is -12.2. The van der Waals surface area contributed by atoms with Crippen LogP contribution in [0.15, 0.2) is 34.4 Å². The molecule has 0 radical (unpaired) electrons. The molecule has 0 bridgehead atoms. The zero-order chi connectivity index (χ0) is 24.6. The van der Waals surface area contributed by atoms with Gasteiger partial charge < -0.3 is 9.11 Å². The Labute approximate surface area is 196 Å². The molecule has 31 heavy (non-hydrogen) atoms. The monoisotopic (exact) mass is 664 g/mol. The van der Waals surface area contributed by atoms with Crippen LogP contribution in [-0.2, 0) is 46.1 Å². The summed E-state index contributed by atoms with van der Waals surface area (Å²) in [5.41, 5.74) is -5.87. The van der Waals surface area contributed by atoms with Gasteiger partial charge in [-0.1, -0.05) is 13.8 Å². The molecule has 176 valence electrons. The van der Waals surface area contributed by atoms with Crippen LogP contribution in [0.1, 0.15) is 40.5 Å². The molecule has 2 aliphatic rings. The standard InChI is InChI=1S/2C7H9.2CHF3O3S.Hf/c2*1-6-4-3-5-7(6)2;2*2-1(3,4)8(5,6)7;/h2*4H,3H2,1-2H3;2*(H,5,6,7);/q2*-1;;;+4/p-2. The fraction of sp³-hybridized carbons (Fsp3) is 0.500. The Morgan fingerprint density at radius 2 is 0.903 bits per heavy atom. The second-order valence-corrected chi connectivity index (χ2v) is 8.33. The van der Waals surface area contributed by atoms with Crippen molar-refractivity contribution in [3.8, 4) is 0 Å². The van der Waals surface area contributed by atoms with Crippen LogP contribution in [0.4, 0.5) is 26.3 Å². The Morgan fingerprint density at radius 3 is 0.935 bits per heavy atom. The van der Waals surface area contributed by atoms with Gasteiger partial charge in [-0.05, 0) is 0 Å². The molecule has 0 aromatic heterocycles. The first kappa shape index (κ1) is 34.8. The third-order valence-electron chi connectivity index (χ3n) is 3.30. The van der Waals surface area contributed by atoms with Gasteiger partial charge in [-0.25, -0.2) is 39.1 Å². The molecule has 0 amide bonds. The summed E-state index contributed by atoms with van der Waals surface area (Å²) >= 11 is 0. The number of hydrogen-bond acceptors (Lipinski definition) is 6. The summed E-state index contributed by atoms with van der Waals surface area (Å²) in [5.74, 6) is 0. The Morgan fingerprint density at radius 1 is 0.710 bits per heavy atom. The first-order valence-corrected chi connectivity index (χ1v) is 10.5. The van der Waals surface area contributed by atoms with E-state index in [0.717, 1.165) is 12.8 Å². The summed E-state index contributed by atoms with van der Waals surface area (Å²) < 4.78 is 118. The molecule has 0 heterocycles. The molecule has 0 N–H and O–H groups in total. The Bertz CT molecular complexity index is 803. The van der Waals surface area contributed by atoms with Gasteiger partial charge in [0.1, 0.15) is 0 Å². The van der Waals surface area contributed by atoms with Crippen molar-refractivity contribution in [3.63, 3.8) is 0 Å². The van der Waals surface area contributed by atoms with Crippen LogP contribution < -0.4 is 0 Å². The van der Waals surface area contributed by atoms with Gasteiger partial charge in [-0.2, -0.15) is 38.5 Å². The topological polar surface area (TPSA) is 114 Å². The average molecular weight is 663 g/mol. The number of allylic oxidation sites excluding steroid dienone is 8. The molecule has 0 unspecified atom stereocenters. The van der Waals surface area contributed by atoms with Gasteiger partial charge in [-0.3, -0.25) is 12.2 Å². The van der Waals surface area contributed by atoms with Crippen molar-refractivity contribution >= 4 is 20.2 Å². The van der Waals surface area contributed by atoms with Crippen LogP contribution in [-0.4, -0.2) is 37.0 Å². The fourth-order valence-corrected chi connectivity index (χ4v) is 1.30.